The molecule has 2 aromatic carbocycles. The second kappa shape index (κ2) is 10.9. The summed E-state index contributed by atoms with van der Waals surface area (Å²) < 4.78 is 46.5. The minimum atomic E-state index is -4.49. The smallest absolute Gasteiger partial charge is 0.416 e. The average Bonchev–Trinajstić information content (AvgIpc) is 3.29. The Bertz CT molecular complexity index is 1460. The third-order valence-corrected chi connectivity index (χ3v) is 6.08. The first-order valence-electron chi connectivity index (χ1n) is 11.6. The molecule has 0 aliphatic rings. The lowest BCUT2D eigenvalue weighted by Crippen LogP contribution is -2.40. The Balaban J connectivity index is 1.50. The number of rotatable bonds is 9. The van der Waals surface area contributed by atoms with Crippen LogP contribution in [0.1, 0.15) is 19.4 Å². The van der Waals surface area contributed by atoms with Crippen LogP contribution in [0.25, 0.3) is 11.0 Å². The number of aliphatic hydroxyl groups excluding tert-OH is 1. The topological polar surface area (TPSA) is 101 Å². The molecule has 4 aromatic rings. The zero-order chi connectivity index (χ0) is 27.5. The zero-order valence-electron chi connectivity index (χ0n) is 20.5. The van der Waals surface area contributed by atoms with E-state index >= 15 is 0 Å². The Hall–Kier alpha value is -3.83. The Morgan fingerprint density at radius 1 is 1.13 bits per heavy atom. The summed E-state index contributed by atoms with van der Waals surface area (Å²) in [6.45, 7) is 3.81. The molecule has 200 valence electrons. The standard InChI is InChI=1S/C26H25ClF3N5O3/c1-25(2,14-36)24(37)31-9-11-35-10-8-20-22(35)23(33-15-32-20)34-17-6-7-21(19(27)13-17)38-18-5-3-4-16(12-18)26(28,29)30/h3-8,10,12-13,15,36H,9,11,14H2,1-2H3,(H,31,37)(H,32,33,34). The molecule has 0 unspecified atom stereocenters. The minimum absolute atomic E-state index is 0.00670. The first-order valence-corrected chi connectivity index (χ1v) is 12.0. The van der Waals surface area contributed by atoms with Crippen LogP contribution in [0.5, 0.6) is 11.5 Å². The molecule has 0 aliphatic heterocycles. The van der Waals surface area contributed by atoms with Crippen LogP contribution in [-0.4, -0.2) is 38.7 Å². The number of benzene rings is 2. The maximum Gasteiger partial charge on any atom is 0.416 e. The van der Waals surface area contributed by atoms with E-state index in [0.29, 0.717) is 35.6 Å². The molecular formula is C26H25ClF3N5O3. The molecule has 38 heavy (non-hydrogen) atoms. The molecule has 0 radical (unpaired) electrons. The molecule has 2 aromatic heterocycles. The predicted octanol–water partition coefficient (Wildman–Crippen LogP) is 5.77. The summed E-state index contributed by atoms with van der Waals surface area (Å²) in [5.74, 6) is 0.430. The molecule has 0 aliphatic carbocycles. The fourth-order valence-electron chi connectivity index (χ4n) is 3.57. The second-order valence-corrected chi connectivity index (χ2v) is 9.57. The fourth-order valence-corrected chi connectivity index (χ4v) is 3.79. The van der Waals surface area contributed by atoms with Gasteiger partial charge in [-0.05, 0) is 56.3 Å². The van der Waals surface area contributed by atoms with Crippen molar-refractivity contribution in [2.75, 3.05) is 18.5 Å². The quantitative estimate of drug-likeness (QED) is 0.246. The van der Waals surface area contributed by atoms with Gasteiger partial charge in [0.05, 0.1) is 28.1 Å². The van der Waals surface area contributed by atoms with Gasteiger partial charge >= 0.3 is 6.18 Å². The van der Waals surface area contributed by atoms with E-state index in [1.807, 2.05) is 16.8 Å². The van der Waals surface area contributed by atoms with E-state index in [-0.39, 0.29) is 29.0 Å². The largest absolute Gasteiger partial charge is 0.456 e. The summed E-state index contributed by atoms with van der Waals surface area (Å²) in [6, 6.07) is 11.1. The number of halogens is 4. The van der Waals surface area contributed by atoms with E-state index in [9.17, 15) is 23.1 Å². The molecule has 0 saturated carbocycles. The van der Waals surface area contributed by atoms with Gasteiger partial charge in [-0.1, -0.05) is 17.7 Å². The van der Waals surface area contributed by atoms with Gasteiger partial charge in [0, 0.05) is 25.0 Å². The second-order valence-electron chi connectivity index (χ2n) is 9.16. The number of alkyl halides is 3. The van der Waals surface area contributed by atoms with Crippen LogP contribution in [-0.2, 0) is 17.5 Å². The highest BCUT2D eigenvalue weighted by atomic mass is 35.5. The minimum Gasteiger partial charge on any atom is -0.456 e. The highest BCUT2D eigenvalue weighted by Crippen LogP contribution is 2.36. The summed E-state index contributed by atoms with van der Waals surface area (Å²) in [6.07, 6.45) is -1.25. The number of carbonyl (C=O) groups excluding carboxylic acids is 1. The highest BCUT2D eigenvalue weighted by molar-refractivity contribution is 6.32. The van der Waals surface area contributed by atoms with Crippen molar-refractivity contribution in [1.29, 1.82) is 0 Å². The van der Waals surface area contributed by atoms with Crippen LogP contribution in [0.3, 0.4) is 0 Å². The van der Waals surface area contributed by atoms with E-state index in [2.05, 4.69) is 20.6 Å². The molecule has 0 atom stereocenters. The van der Waals surface area contributed by atoms with Crippen molar-refractivity contribution in [3.8, 4) is 11.5 Å². The molecule has 3 N–H and O–H groups in total. The van der Waals surface area contributed by atoms with Crippen molar-refractivity contribution in [3.63, 3.8) is 0 Å². The van der Waals surface area contributed by atoms with E-state index in [4.69, 9.17) is 16.3 Å². The Morgan fingerprint density at radius 2 is 1.92 bits per heavy atom. The van der Waals surface area contributed by atoms with Crippen molar-refractivity contribution >= 4 is 40.0 Å². The molecule has 12 heteroatoms. The number of hydrogen-bond donors (Lipinski definition) is 3. The maximum atomic E-state index is 13.0. The lowest BCUT2D eigenvalue weighted by atomic mass is 9.94. The van der Waals surface area contributed by atoms with Crippen LogP contribution in [0.4, 0.5) is 24.7 Å². The summed E-state index contributed by atoms with van der Waals surface area (Å²) in [5.41, 5.74) is 0.239. The lowest BCUT2D eigenvalue weighted by Gasteiger charge is -2.20. The van der Waals surface area contributed by atoms with Gasteiger partial charge in [-0.25, -0.2) is 9.97 Å². The van der Waals surface area contributed by atoms with Gasteiger partial charge in [-0.3, -0.25) is 4.79 Å². The number of fused-ring (bicyclic) bond motifs is 1. The number of nitrogens with zero attached hydrogens (tertiary/aromatic N) is 3. The van der Waals surface area contributed by atoms with Gasteiger partial charge in [0.2, 0.25) is 5.91 Å². The van der Waals surface area contributed by atoms with Crippen molar-refractivity contribution in [2.45, 2.75) is 26.6 Å². The predicted molar refractivity (Wildman–Crippen MR) is 138 cm³/mol. The molecule has 1 amide bonds. The first kappa shape index (κ1) is 27.2. The van der Waals surface area contributed by atoms with Crippen LogP contribution in [0, 0.1) is 5.41 Å². The average molecular weight is 548 g/mol. The fraction of sp³-hybridized carbons (Fsp3) is 0.269. The van der Waals surface area contributed by atoms with Gasteiger partial charge < -0.3 is 25.0 Å². The van der Waals surface area contributed by atoms with E-state index < -0.39 is 17.2 Å². The number of amides is 1. The van der Waals surface area contributed by atoms with Crippen molar-refractivity contribution < 1.29 is 27.8 Å². The third-order valence-electron chi connectivity index (χ3n) is 5.78. The van der Waals surface area contributed by atoms with Crippen molar-refractivity contribution in [1.82, 2.24) is 19.9 Å². The van der Waals surface area contributed by atoms with E-state index in [0.717, 1.165) is 12.1 Å². The van der Waals surface area contributed by atoms with Crippen LogP contribution >= 0.6 is 11.6 Å². The van der Waals surface area contributed by atoms with Crippen LogP contribution in [0.2, 0.25) is 5.02 Å². The SMILES string of the molecule is CC(C)(CO)C(=O)NCCn1ccc2ncnc(Nc3ccc(Oc4cccc(C(F)(F)F)c4)c(Cl)c3)c21. The van der Waals surface area contributed by atoms with Gasteiger partial charge in [0.1, 0.15) is 23.3 Å². The zero-order valence-corrected chi connectivity index (χ0v) is 21.3. The number of ether oxygens (including phenoxy) is 1. The number of hydrogen-bond acceptors (Lipinski definition) is 6. The molecular weight excluding hydrogens is 523 g/mol. The Labute approximate surface area is 221 Å². The van der Waals surface area contributed by atoms with Crippen molar-refractivity contribution in [3.05, 3.63) is 71.6 Å². The normalized spacial score (nSPS) is 12.0. The molecule has 4 rings (SSSR count). The Morgan fingerprint density at radius 3 is 2.63 bits per heavy atom. The summed E-state index contributed by atoms with van der Waals surface area (Å²) >= 11 is 6.37. The Kier molecular flexibility index (Phi) is 7.79. The summed E-state index contributed by atoms with van der Waals surface area (Å²) in [4.78, 5) is 20.9. The molecule has 0 saturated heterocycles. The number of aromatic nitrogens is 3. The number of carbonyl (C=O) groups is 1. The molecule has 0 spiro atoms. The summed E-state index contributed by atoms with van der Waals surface area (Å²) in [7, 11) is 0. The summed E-state index contributed by atoms with van der Waals surface area (Å²) in [5, 5.41) is 15.6. The molecule has 0 fully saturated rings. The maximum absolute atomic E-state index is 13.0. The molecule has 0 bridgehead atoms. The first-order chi connectivity index (χ1) is 18.0. The van der Waals surface area contributed by atoms with Gasteiger partial charge in [-0.2, -0.15) is 13.2 Å². The number of nitrogens with one attached hydrogen (secondary N) is 2. The lowest BCUT2D eigenvalue weighted by molar-refractivity contribution is -0.137. The van der Waals surface area contributed by atoms with Crippen LogP contribution < -0.4 is 15.4 Å². The highest BCUT2D eigenvalue weighted by Gasteiger charge is 2.30. The monoisotopic (exact) mass is 547 g/mol. The van der Waals surface area contributed by atoms with E-state index in [1.54, 1.807) is 32.0 Å². The third kappa shape index (κ3) is 6.17. The van der Waals surface area contributed by atoms with E-state index in [1.165, 1.54) is 18.5 Å². The molecule has 2 heterocycles. The van der Waals surface area contributed by atoms with Gasteiger partial charge in [0.15, 0.2) is 5.82 Å². The van der Waals surface area contributed by atoms with Crippen LogP contribution in [0.15, 0.2) is 61.1 Å². The van der Waals surface area contributed by atoms with Gasteiger partial charge in [-0.15, -0.1) is 0 Å². The number of aliphatic hydroxyl groups is 1. The number of anilines is 2. The van der Waals surface area contributed by atoms with Gasteiger partial charge in [0.25, 0.3) is 0 Å². The van der Waals surface area contributed by atoms with Crippen molar-refractivity contribution in [2.24, 2.45) is 5.41 Å². The molecule has 8 nitrogen and oxygen atoms in total.